The van der Waals surface area contributed by atoms with E-state index in [1.807, 2.05) is 18.2 Å². The zero-order valence-corrected chi connectivity index (χ0v) is 16.2. The normalized spacial score (nSPS) is 10.1. The number of ether oxygens (including phenoxy) is 2. The maximum Gasteiger partial charge on any atom is 0.344 e. The van der Waals surface area contributed by atoms with Gasteiger partial charge in [-0.15, -0.1) is 0 Å². The lowest BCUT2D eigenvalue weighted by Gasteiger charge is -2.08. The van der Waals surface area contributed by atoms with Gasteiger partial charge in [0.05, 0.1) is 11.1 Å². The Morgan fingerprint density at radius 3 is 2.23 bits per heavy atom. The van der Waals surface area contributed by atoms with E-state index in [1.54, 1.807) is 42.5 Å². The molecule has 6 heteroatoms. The SMILES string of the molecule is [CH2]CCCc1ccc(C(=O)Oc2nc(OC(=O)c3ccccc3)ccc2C#N)cc1. The predicted octanol–water partition coefficient (Wildman–Crippen LogP) is 4.55. The van der Waals surface area contributed by atoms with Crippen molar-refractivity contribution in [3.05, 3.63) is 95.9 Å². The summed E-state index contributed by atoms with van der Waals surface area (Å²) in [6.45, 7) is 3.81. The van der Waals surface area contributed by atoms with Crippen LogP contribution in [0.2, 0.25) is 0 Å². The van der Waals surface area contributed by atoms with Gasteiger partial charge in [-0.05, 0) is 48.7 Å². The van der Waals surface area contributed by atoms with Crippen LogP contribution >= 0.6 is 0 Å². The highest BCUT2D eigenvalue weighted by atomic mass is 16.6. The van der Waals surface area contributed by atoms with Gasteiger partial charge >= 0.3 is 11.9 Å². The van der Waals surface area contributed by atoms with Crippen LogP contribution in [0, 0.1) is 18.3 Å². The third-order valence-corrected chi connectivity index (χ3v) is 4.26. The number of rotatable bonds is 7. The third-order valence-electron chi connectivity index (χ3n) is 4.26. The first-order valence-electron chi connectivity index (χ1n) is 9.39. The average Bonchev–Trinajstić information content (AvgIpc) is 2.78. The number of carbonyl (C=O) groups is 2. The summed E-state index contributed by atoms with van der Waals surface area (Å²) in [5.41, 5.74) is 1.82. The van der Waals surface area contributed by atoms with E-state index in [2.05, 4.69) is 11.9 Å². The molecule has 0 atom stereocenters. The lowest BCUT2D eigenvalue weighted by Crippen LogP contribution is -2.13. The Morgan fingerprint density at radius 2 is 1.57 bits per heavy atom. The smallest absolute Gasteiger partial charge is 0.344 e. The van der Waals surface area contributed by atoms with E-state index in [1.165, 1.54) is 12.1 Å². The van der Waals surface area contributed by atoms with Gasteiger partial charge in [0.15, 0.2) is 0 Å². The van der Waals surface area contributed by atoms with Gasteiger partial charge in [0, 0.05) is 6.07 Å². The highest BCUT2D eigenvalue weighted by Crippen LogP contribution is 2.21. The summed E-state index contributed by atoms with van der Waals surface area (Å²) >= 11 is 0. The second-order valence-electron chi connectivity index (χ2n) is 6.41. The first-order valence-corrected chi connectivity index (χ1v) is 9.39. The molecule has 0 spiro atoms. The number of unbranched alkanes of at least 4 members (excludes halogenated alkanes) is 1. The van der Waals surface area contributed by atoms with Crippen molar-refractivity contribution in [3.8, 4) is 17.8 Å². The zero-order chi connectivity index (χ0) is 21.3. The van der Waals surface area contributed by atoms with Crippen LogP contribution < -0.4 is 9.47 Å². The maximum atomic E-state index is 12.5. The van der Waals surface area contributed by atoms with Crippen LogP contribution in [0.4, 0.5) is 0 Å². The molecule has 0 aliphatic carbocycles. The molecule has 2 aromatic carbocycles. The van der Waals surface area contributed by atoms with Gasteiger partial charge in [-0.1, -0.05) is 43.7 Å². The fourth-order valence-electron chi connectivity index (χ4n) is 2.65. The Labute approximate surface area is 174 Å². The molecule has 6 nitrogen and oxygen atoms in total. The Balaban J connectivity index is 1.74. The van der Waals surface area contributed by atoms with Crippen LogP contribution in [0.15, 0.2) is 66.7 Å². The van der Waals surface area contributed by atoms with Crippen LogP contribution in [0.25, 0.3) is 0 Å². The molecule has 3 rings (SSSR count). The summed E-state index contributed by atoms with van der Waals surface area (Å²) in [7, 11) is 0. The standard InChI is InChI=1S/C24H19N2O4/c1-2-3-7-17-10-12-19(13-11-17)24(28)30-22-20(16-25)14-15-21(26-22)29-23(27)18-8-5-4-6-9-18/h4-6,8-15H,1-3,7H2. The summed E-state index contributed by atoms with van der Waals surface area (Å²) in [6.07, 6.45) is 2.69. The zero-order valence-electron chi connectivity index (χ0n) is 16.2. The van der Waals surface area contributed by atoms with Crippen molar-refractivity contribution in [2.45, 2.75) is 19.3 Å². The number of aryl methyl sites for hydroxylation is 1. The lowest BCUT2D eigenvalue weighted by molar-refractivity contribution is 0.0717. The average molecular weight is 399 g/mol. The van der Waals surface area contributed by atoms with E-state index in [0.29, 0.717) is 11.1 Å². The first-order chi connectivity index (χ1) is 14.6. The van der Waals surface area contributed by atoms with Crippen molar-refractivity contribution in [2.24, 2.45) is 0 Å². The number of pyridine rings is 1. The van der Waals surface area contributed by atoms with Crippen molar-refractivity contribution < 1.29 is 19.1 Å². The van der Waals surface area contributed by atoms with Crippen LogP contribution in [-0.2, 0) is 6.42 Å². The molecule has 0 bridgehead atoms. The lowest BCUT2D eigenvalue weighted by atomic mass is 10.1. The molecule has 3 aromatic rings. The number of nitrogens with zero attached hydrogens (tertiary/aromatic N) is 2. The Bertz CT molecular complexity index is 1070. The fourth-order valence-corrected chi connectivity index (χ4v) is 2.65. The van der Waals surface area contributed by atoms with E-state index in [-0.39, 0.29) is 17.3 Å². The number of aromatic nitrogens is 1. The molecule has 30 heavy (non-hydrogen) atoms. The number of esters is 2. The Hall–Kier alpha value is -3.98. The van der Waals surface area contributed by atoms with Crippen molar-refractivity contribution in [1.29, 1.82) is 5.26 Å². The summed E-state index contributed by atoms with van der Waals surface area (Å²) in [5.74, 6) is -1.56. The summed E-state index contributed by atoms with van der Waals surface area (Å²) in [4.78, 5) is 28.7. The molecule has 1 radical (unpaired) electrons. The first kappa shape index (κ1) is 20.7. The van der Waals surface area contributed by atoms with Gasteiger partial charge in [0.25, 0.3) is 0 Å². The minimum atomic E-state index is -0.658. The minimum Gasteiger partial charge on any atom is -0.404 e. The molecule has 0 amide bonds. The van der Waals surface area contributed by atoms with Crippen molar-refractivity contribution >= 4 is 11.9 Å². The van der Waals surface area contributed by atoms with Gasteiger partial charge in [0.2, 0.25) is 11.8 Å². The Kier molecular flexibility index (Phi) is 6.91. The van der Waals surface area contributed by atoms with Gasteiger partial charge in [-0.2, -0.15) is 10.2 Å². The molecule has 0 fully saturated rings. The van der Waals surface area contributed by atoms with E-state index in [0.717, 1.165) is 24.8 Å². The molecule has 1 aromatic heterocycles. The molecule has 149 valence electrons. The number of benzene rings is 2. The molecule has 0 unspecified atom stereocenters. The van der Waals surface area contributed by atoms with Crippen LogP contribution in [0.1, 0.15) is 44.7 Å². The van der Waals surface area contributed by atoms with Gasteiger partial charge < -0.3 is 9.47 Å². The van der Waals surface area contributed by atoms with Gasteiger partial charge in [0.1, 0.15) is 11.6 Å². The second kappa shape index (κ2) is 9.99. The number of hydrogen-bond acceptors (Lipinski definition) is 6. The molecular weight excluding hydrogens is 380 g/mol. The number of nitriles is 1. The van der Waals surface area contributed by atoms with Crippen LogP contribution in [0.3, 0.4) is 0 Å². The summed E-state index contributed by atoms with van der Waals surface area (Å²) in [5, 5.41) is 9.28. The van der Waals surface area contributed by atoms with E-state index < -0.39 is 11.9 Å². The quantitative estimate of drug-likeness (QED) is 0.542. The van der Waals surface area contributed by atoms with Gasteiger partial charge in [-0.3, -0.25) is 0 Å². The molecule has 0 saturated carbocycles. The molecule has 0 aliphatic rings. The van der Waals surface area contributed by atoms with Crippen molar-refractivity contribution in [3.63, 3.8) is 0 Å². The monoisotopic (exact) mass is 399 g/mol. The Morgan fingerprint density at radius 1 is 0.900 bits per heavy atom. The largest absolute Gasteiger partial charge is 0.404 e. The fraction of sp³-hybridized carbons (Fsp3) is 0.125. The molecule has 0 N–H and O–H groups in total. The number of hydrogen-bond donors (Lipinski definition) is 0. The number of carbonyl (C=O) groups excluding carboxylic acids is 2. The minimum absolute atomic E-state index is 0.0509. The van der Waals surface area contributed by atoms with E-state index in [4.69, 9.17) is 9.47 Å². The van der Waals surface area contributed by atoms with Gasteiger partial charge in [-0.25, -0.2) is 9.59 Å². The highest BCUT2D eigenvalue weighted by Gasteiger charge is 2.16. The highest BCUT2D eigenvalue weighted by molar-refractivity contribution is 5.91. The van der Waals surface area contributed by atoms with Crippen molar-refractivity contribution in [2.75, 3.05) is 0 Å². The second-order valence-corrected chi connectivity index (χ2v) is 6.41. The van der Waals surface area contributed by atoms with E-state index >= 15 is 0 Å². The third kappa shape index (κ3) is 5.30. The molecular formula is C24H19N2O4. The molecule has 0 saturated heterocycles. The summed E-state index contributed by atoms with van der Waals surface area (Å²) < 4.78 is 10.5. The van der Waals surface area contributed by atoms with Crippen LogP contribution in [-0.4, -0.2) is 16.9 Å². The maximum absolute atomic E-state index is 12.5. The topological polar surface area (TPSA) is 89.3 Å². The molecule has 0 aliphatic heterocycles. The summed E-state index contributed by atoms with van der Waals surface area (Å²) in [6, 6.07) is 20.1. The van der Waals surface area contributed by atoms with Crippen molar-refractivity contribution in [1.82, 2.24) is 4.98 Å². The van der Waals surface area contributed by atoms with E-state index in [9.17, 15) is 14.9 Å². The molecule has 1 heterocycles. The predicted molar refractivity (Wildman–Crippen MR) is 110 cm³/mol. The van der Waals surface area contributed by atoms with Crippen LogP contribution in [0.5, 0.6) is 11.8 Å².